The molecule has 3 aromatic rings. The van der Waals surface area contributed by atoms with Crippen molar-refractivity contribution in [2.75, 3.05) is 12.8 Å². The third-order valence-corrected chi connectivity index (χ3v) is 8.47. The van der Waals surface area contributed by atoms with E-state index in [9.17, 15) is 8.42 Å². The van der Waals surface area contributed by atoms with Gasteiger partial charge in [-0.3, -0.25) is 0 Å². The van der Waals surface area contributed by atoms with Gasteiger partial charge in [-0.25, -0.2) is 18.4 Å². The molecule has 6 nitrogen and oxygen atoms in total. The zero-order valence-electron chi connectivity index (χ0n) is 14.4. The summed E-state index contributed by atoms with van der Waals surface area (Å²) < 4.78 is 27.9. The quantitative estimate of drug-likeness (QED) is 0.390. The van der Waals surface area contributed by atoms with E-state index in [4.69, 9.17) is 5.26 Å². The van der Waals surface area contributed by atoms with E-state index in [0.29, 0.717) is 10.9 Å². The normalized spacial score (nSPS) is 11.6. The summed E-state index contributed by atoms with van der Waals surface area (Å²) in [5.74, 6) is 0. The molecular formula is C17H16N4O2S4. The van der Waals surface area contributed by atoms with Crippen LogP contribution in [0.2, 0.25) is 0 Å². The molecule has 0 saturated carbocycles. The minimum Gasteiger partial charge on any atom is -0.231 e. The van der Waals surface area contributed by atoms with Crippen LogP contribution in [0.4, 0.5) is 0 Å². The van der Waals surface area contributed by atoms with E-state index in [1.165, 1.54) is 38.7 Å². The van der Waals surface area contributed by atoms with Gasteiger partial charge in [0.05, 0.1) is 16.6 Å². The van der Waals surface area contributed by atoms with Crippen molar-refractivity contribution in [2.24, 2.45) is 0 Å². The fourth-order valence-electron chi connectivity index (χ4n) is 2.34. The molecule has 0 aliphatic carbocycles. The number of hydrogen-bond donors (Lipinski definition) is 0. The summed E-state index contributed by atoms with van der Waals surface area (Å²) in [6.07, 6.45) is 3.70. The molecule has 0 aliphatic heterocycles. The van der Waals surface area contributed by atoms with E-state index in [1.54, 1.807) is 24.4 Å². The van der Waals surface area contributed by atoms with Crippen LogP contribution in [0.15, 0.2) is 51.3 Å². The first-order valence-electron chi connectivity index (χ1n) is 7.91. The highest BCUT2D eigenvalue weighted by atomic mass is 32.2. The minimum absolute atomic E-state index is 0.145. The first-order valence-corrected chi connectivity index (χ1v) is 12.3. The molecule has 3 rings (SSSR count). The average Bonchev–Trinajstić information content (AvgIpc) is 3.37. The van der Waals surface area contributed by atoms with Crippen LogP contribution in [-0.2, 0) is 16.6 Å². The third kappa shape index (κ3) is 4.75. The molecule has 0 amide bonds. The first kappa shape index (κ1) is 20.0. The molecule has 0 radical (unpaired) electrons. The third-order valence-electron chi connectivity index (χ3n) is 3.63. The molecule has 0 N–H and O–H groups in total. The molecule has 0 atom stereocenters. The van der Waals surface area contributed by atoms with Crippen LogP contribution in [0.3, 0.4) is 0 Å². The van der Waals surface area contributed by atoms with E-state index < -0.39 is 10.0 Å². The summed E-state index contributed by atoms with van der Waals surface area (Å²) in [6, 6.07) is 10.9. The Balaban J connectivity index is 1.90. The van der Waals surface area contributed by atoms with Gasteiger partial charge in [0.15, 0.2) is 5.16 Å². The van der Waals surface area contributed by atoms with Gasteiger partial charge in [0.25, 0.3) is 10.0 Å². The molecule has 27 heavy (non-hydrogen) atoms. The monoisotopic (exact) mass is 436 g/mol. The summed E-state index contributed by atoms with van der Waals surface area (Å²) in [5, 5.41) is 11.4. The molecule has 3 aromatic heterocycles. The highest BCUT2D eigenvalue weighted by Crippen LogP contribution is 2.32. The van der Waals surface area contributed by atoms with E-state index in [0.717, 1.165) is 9.75 Å². The largest absolute Gasteiger partial charge is 0.252 e. The van der Waals surface area contributed by atoms with Gasteiger partial charge in [0.2, 0.25) is 0 Å². The summed E-state index contributed by atoms with van der Waals surface area (Å²) in [7, 11) is -3.69. The highest BCUT2D eigenvalue weighted by molar-refractivity contribution is 7.98. The minimum atomic E-state index is -3.69. The Morgan fingerprint density at radius 3 is 2.85 bits per heavy atom. The molecular weight excluding hydrogens is 420 g/mol. The van der Waals surface area contributed by atoms with Crippen LogP contribution in [0.1, 0.15) is 11.3 Å². The Hall–Kier alpha value is -1.77. The van der Waals surface area contributed by atoms with E-state index in [1.807, 2.05) is 29.8 Å². The second-order valence-corrected chi connectivity index (χ2v) is 10.4. The summed E-state index contributed by atoms with van der Waals surface area (Å²) in [6.45, 7) is 0.424. The van der Waals surface area contributed by atoms with Crippen molar-refractivity contribution >= 4 is 44.5 Å². The second-order valence-electron chi connectivity index (χ2n) is 5.37. The van der Waals surface area contributed by atoms with Crippen molar-refractivity contribution in [3.8, 4) is 16.6 Å². The molecule has 0 aliphatic rings. The van der Waals surface area contributed by atoms with Gasteiger partial charge in [-0.15, -0.1) is 22.7 Å². The average molecular weight is 437 g/mol. The van der Waals surface area contributed by atoms with E-state index in [2.05, 4.69) is 9.97 Å². The molecule has 0 spiro atoms. The number of hydrogen-bond acceptors (Lipinski definition) is 8. The molecule has 0 aromatic carbocycles. The van der Waals surface area contributed by atoms with Gasteiger partial charge in [-0.2, -0.15) is 9.57 Å². The summed E-state index contributed by atoms with van der Waals surface area (Å²) >= 11 is 4.11. The molecule has 10 heteroatoms. The predicted octanol–water partition coefficient (Wildman–Crippen LogP) is 4.09. The smallest absolute Gasteiger partial charge is 0.231 e. The maximum Gasteiger partial charge on any atom is 0.252 e. The standard InChI is InChI=1S/C17H16N4O2S4/c1-24-17-19-9-7-14(20-17)15-5-6-16(26-15)27(22,23)21(10-3-8-18)12-13-4-2-11-25-13/h2,4-7,9,11H,3,10,12H2,1H3. The van der Waals surface area contributed by atoms with Crippen LogP contribution in [0.5, 0.6) is 0 Å². The van der Waals surface area contributed by atoms with Crippen LogP contribution in [0, 0.1) is 11.3 Å². The van der Waals surface area contributed by atoms with Crippen LogP contribution in [-0.4, -0.2) is 35.5 Å². The zero-order valence-corrected chi connectivity index (χ0v) is 17.7. The zero-order chi connectivity index (χ0) is 19.3. The lowest BCUT2D eigenvalue weighted by molar-refractivity contribution is 0.417. The van der Waals surface area contributed by atoms with E-state index in [-0.39, 0.29) is 23.7 Å². The lowest BCUT2D eigenvalue weighted by atomic mass is 10.3. The summed E-state index contributed by atoms with van der Waals surface area (Å²) in [5.41, 5.74) is 0.697. The molecule has 0 bridgehead atoms. The topological polar surface area (TPSA) is 87.0 Å². The predicted molar refractivity (Wildman–Crippen MR) is 109 cm³/mol. The Morgan fingerprint density at radius 2 is 2.15 bits per heavy atom. The van der Waals surface area contributed by atoms with Gasteiger partial charge >= 0.3 is 0 Å². The maximum absolute atomic E-state index is 13.1. The summed E-state index contributed by atoms with van der Waals surface area (Å²) in [4.78, 5) is 10.3. The fraction of sp³-hybridized carbons (Fsp3) is 0.235. The lowest BCUT2D eigenvalue weighted by Crippen LogP contribution is -2.30. The number of nitrogens with zero attached hydrogens (tertiary/aromatic N) is 4. The molecule has 0 unspecified atom stereocenters. The van der Waals surface area contributed by atoms with Crippen LogP contribution >= 0.6 is 34.4 Å². The molecule has 3 heterocycles. The van der Waals surface area contributed by atoms with Crippen molar-refractivity contribution in [1.29, 1.82) is 5.26 Å². The highest BCUT2D eigenvalue weighted by Gasteiger charge is 2.27. The Bertz CT molecular complexity index is 1040. The van der Waals surface area contributed by atoms with Crippen molar-refractivity contribution in [3.05, 3.63) is 46.8 Å². The van der Waals surface area contributed by atoms with E-state index >= 15 is 0 Å². The van der Waals surface area contributed by atoms with Gasteiger partial charge in [0.1, 0.15) is 4.21 Å². The molecule has 140 valence electrons. The van der Waals surface area contributed by atoms with Crippen molar-refractivity contribution in [1.82, 2.24) is 14.3 Å². The molecule has 0 saturated heterocycles. The Morgan fingerprint density at radius 1 is 1.30 bits per heavy atom. The SMILES string of the molecule is CSc1nccc(-c2ccc(S(=O)(=O)N(CCC#N)Cc3cccs3)s2)n1. The number of sulfonamides is 1. The Labute approximate surface area is 170 Å². The fourth-order valence-corrected chi connectivity index (χ4v) is 6.34. The number of nitriles is 1. The number of rotatable bonds is 8. The second kappa shape index (κ2) is 8.95. The van der Waals surface area contributed by atoms with Crippen molar-refractivity contribution in [2.45, 2.75) is 22.3 Å². The van der Waals surface area contributed by atoms with Crippen molar-refractivity contribution in [3.63, 3.8) is 0 Å². The van der Waals surface area contributed by atoms with Crippen LogP contribution < -0.4 is 0 Å². The number of thiophene rings is 2. The van der Waals surface area contributed by atoms with Crippen LogP contribution in [0.25, 0.3) is 10.6 Å². The van der Waals surface area contributed by atoms with Gasteiger partial charge < -0.3 is 0 Å². The maximum atomic E-state index is 13.1. The van der Waals surface area contributed by atoms with Gasteiger partial charge in [-0.1, -0.05) is 17.8 Å². The molecule has 0 fully saturated rings. The number of thioether (sulfide) groups is 1. The van der Waals surface area contributed by atoms with Crippen molar-refractivity contribution < 1.29 is 8.42 Å². The Kier molecular flexibility index (Phi) is 6.62. The first-order chi connectivity index (χ1) is 13.0. The van der Waals surface area contributed by atoms with Gasteiger partial charge in [0, 0.05) is 30.6 Å². The van der Waals surface area contributed by atoms with Gasteiger partial charge in [-0.05, 0) is 35.9 Å². The lowest BCUT2D eigenvalue weighted by Gasteiger charge is -2.19. The number of aromatic nitrogens is 2.